The maximum absolute atomic E-state index is 10.4. The normalized spacial score (nSPS) is 10.5. The van der Waals surface area contributed by atoms with Crippen LogP contribution in [0, 0.1) is 0 Å². The van der Waals surface area contributed by atoms with E-state index in [4.69, 9.17) is 9.84 Å². The van der Waals surface area contributed by atoms with E-state index in [0.29, 0.717) is 5.75 Å². The molecule has 1 N–H and O–H groups in total. The van der Waals surface area contributed by atoms with Gasteiger partial charge in [-0.3, -0.25) is 0 Å². The van der Waals surface area contributed by atoms with Gasteiger partial charge in [0.15, 0.2) is 6.61 Å². The van der Waals surface area contributed by atoms with E-state index >= 15 is 0 Å². The fraction of sp³-hybridized carbons (Fsp3) is 0.611. The van der Waals surface area contributed by atoms with Crippen molar-refractivity contribution in [2.75, 3.05) is 6.61 Å². The van der Waals surface area contributed by atoms with Gasteiger partial charge in [0, 0.05) is 0 Å². The molecule has 0 fully saturated rings. The van der Waals surface area contributed by atoms with Gasteiger partial charge in [-0.1, -0.05) is 64.0 Å². The first-order valence-corrected chi connectivity index (χ1v) is 8.16. The van der Waals surface area contributed by atoms with Gasteiger partial charge in [0.05, 0.1) is 0 Å². The third kappa shape index (κ3) is 9.11. The molecule has 0 aromatic heterocycles. The summed E-state index contributed by atoms with van der Waals surface area (Å²) in [6.45, 7) is 1.97. The van der Waals surface area contributed by atoms with Gasteiger partial charge in [-0.25, -0.2) is 4.79 Å². The number of carboxylic acid groups (broad SMARTS) is 1. The fourth-order valence-electron chi connectivity index (χ4n) is 2.36. The third-order valence-corrected chi connectivity index (χ3v) is 3.60. The first-order valence-electron chi connectivity index (χ1n) is 8.16. The highest BCUT2D eigenvalue weighted by molar-refractivity contribution is 5.68. The number of benzene rings is 1. The predicted octanol–water partition coefficient (Wildman–Crippen LogP) is 4.83. The molecule has 0 bridgehead atoms. The summed E-state index contributed by atoms with van der Waals surface area (Å²) in [5.41, 5.74) is 1.30. The average molecular weight is 292 g/mol. The molecule has 3 nitrogen and oxygen atoms in total. The Morgan fingerprint density at radius 2 is 1.52 bits per heavy atom. The first-order chi connectivity index (χ1) is 10.2. The van der Waals surface area contributed by atoms with Crippen molar-refractivity contribution in [3.05, 3.63) is 29.8 Å². The number of hydrogen-bond acceptors (Lipinski definition) is 2. The van der Waals surface area contributed by atoms with Gasteiger partial charge < -0.3 is 9.84 Å². The largest absolute Gasteiger partial charge is 0.482 e. The highest BCUT2D eigenvalue weighted by atomic mass is 16.5. The molecule has 0 spiro atoms. The summed E-state index contributed by atoms with van der Waals surface area (Å²) in [5.74, 6) is -0.324. The molecule has 1 aromatic rings. The van der Waals surface area contributed by atoms with Gasteiger partial charge in [-0.05, 0) is 30.5 Å². The van der Waals surface area contributed by atoms with Crippen molar-refractivity contribution in [2.24, 2.45) is 0 Å². The molecule has 0 heterocycles. The number of hydrogen-bond donors (Lipinski definition) is 1. The number of unbranched alkanes of at least 4 members (excludes halogenated alkanes) is 7. The van der Waals surface area contributed by atoms with Crippen LogP contribution in [-0.2, 0) is 11.2 Å². The number of rotatable bonds is 12. The summed E-state index contributed by atoms with van der Waals surface area (Å²) >= 11 is 0. The van der Waals surface area contributed by atoms with E-state index in [-0.39, 0.29) is 6.61 Å². The van der Waals surface area contributed by atoms with Gasteiger partial charge in [-0.15, -0.1) is 0 Å². The van der Waals surface area contributed by atoms with Gasteiger partial charge >= 0.3 is 5.97 Å². The van der Waals surface area contributed by atoms with Crippen molar-refractivity contribution in [3.8, 4) is 5.75 Å². The second kappa shape index (κ2) is 11.2. The molecular formula is C18H28O3. The molecule has 0 aliphatic rings. The second-order valence-corrected chi connectivity index (χ2v) is 5.55. The molecule has 0 unspecified atom stereocenters. The minimum atomic E-state index is -0.946. The smallest absolute Gasteiger partial charge is 0.341 e. The highest BCUT2D eigenvalue weighted by Crippen LogP contribution is 2.15. The van der Waals surface area contributed by atoms with Gasteiger partial charge in [0.25, 0.3) is 0 Å². The summed E-state index contributed by atoms with van der Waals surface area (Å²) in [7, 11) is 0. The van der Waals surface area contributed by atoms with Crippen molar-refractivity contribution in [1.82, 2.24) is 0 Å². The van der Waals surface area contributed by atoms with Crippen LogP contribution < -0.4 is 4.74 Å². The predicted molar refractivity (Wildman–Crippen MR) is 85.9 cm³/mol. The Labute approximate surface area is 128 Å². The average Bonchev–Trinajstić information content (AvgIpc) is 2.49. The zero-order valence-corrected chi connectivity index (χ0v) is 13.1. The van der Waals surface area contributed by atoms with Crippen LogP contribution in [0.4, 0.5) is 0 Å². The lowest BCUT2D eigenvalue weighted by atomic mass is 10.0. The molecule has 3 heteroatoms. The number of aryl methyl sites for hydroxylation is 1. The van der Waals surface area contributed by atoms with Crippen LogP contribution in [0.25, 0.3) is 0 Å². The SMILES string of the molecule is CCCCCCCCCCc1ccc(OCC(=O)O)cc1. The van der Waals surface area contributed by atoms with E-state index in [1.54, 1.807) is 0 Å². The van der Waals surface area contributed by atoms with Crippen molar-refractivity contribution in [2.45, 2.75) is 64.7 Å². The number of carboxylic acids is 1. The summed E-state index contributed by atoms with van der Waals surface area (Å²) in [6, 6.07) is 7.75. The third-order valence-electron chi connectivity index (χ3n) is 3.60. The monoisotopic (exact) mass is 292 g/mol. The Bertz CT molecular complexity index is 384. The topological polar surface area (TPSA) is 46.5 Å². The molecule has 0 atom stereocenters. The van der Waals surface area contributed by atoms with E-state index < -0.39 is 5.97 Å². The zero-order valence-electron chi connectivity index (χ0n) is 13.1. The Morgan fingerprint density at radius 3 is 2.10 bits per heavy atom. The molecule has 21 heavy (non-hydrogen) atoms. The lowest BCUT2D eigenvalue weighted by Gasteiger charge is -2.05. The number of ether oxygens (including phenoxy) is 1. The van der Waals surface area contributed by atoms with E-state index in [1.165, 1.54) is 56.9 Å². The Hall–Kier alpha value is -1.51. The fourth-order valence-corrected chi connectivity index (χ4v) is 2.36. The Kier molecular flexibility index (Phi) is 9.34. The zero-order chi connectivity index (χ0) is 15.3. The van der Waals surface area contributed by atoms with Gasteiger partial charge in [0.2, 0.25) is 0 Å². The molecule has 1 aromatic carbocycles. The molecular weight excluding hydrogens is 264 g/mol. The van der Waals surface area contributed by atoms with Crippen LogP contribution in [0.5, 0.6) is 5.75 Å². The van der Waals surface area contributed by atoms with Crippen molar-refractivity contribution in [1.29, 1.82) is 0 Å². The first kappa shape index (κ1) is 17.5. The molecule has 0 saturated carbocycles. The van der Waals surface area contributed by atoms with Crippen LogP contribution in [-0.4, -0.2) is 17.7 Å². The summed E-state index contributed by atoms with van der Waals surface area (Å²) in [6.07, 6.45) is 11.8. The van der Waals surface area contributed by atoms with E-state index in [1.807, 2.05) is 24.3 Å². The van der Waals surface area contributed by atoms with Crippen LogP contribution in [0.1, 0.15) is 63.9 Å². The van der Waals surface area contributed by atoms with Crippen LogP contribution in [0.2, 0.25) is 0 Å². The van der Waals surface area contributed by atoms with E-state index in [2.05, 4.69) is 6.92 Å². The molecule has 0 aliphatic carbocycles. The summed E-state index contributed by atoms with van der Waals surface area (Å²) < 4.78 is 5.11. The van der Waals surface area contributed by atoms with E-state index in [9.17, 15) is 4.79 Å². The maximum Gasteiger partial charge on any atom is 0.341 e. The van der Waals surface area contributed by atoms with Crippen LogP contribution >= 0.6 is 0 Å². The molecule has 0 aliphatic heterocycles. The van der Waals surface area contributed by atoms with E-state index in [0.717, 1.165) is 6.42 Å². The second-order valence-electron chi connectivity index (χ2n) is 5.55. The van der Waals surface area contributed by atoms with Gasteiger partial charge in [-0.2, -0.15) is 0 Å². The molecule has 0 amide bonds. The molecule has 0 radical (unpaired) electrons. The standard InChI is InChI=1S/C18H28O3/c1-2-3-4-5-6-7-8-9-10-16-11-13-17(14-12-16)21-15-18(19)20/h11-14H,2-10,15H2,1H3,(H,19,20). The quantitative estimate of drug-likeness (QED) is 0.561. The molecule has 118 valence electrons. The van der Waals surface area contributed by atoms with Crippen LogP contribution in [0.15, 0.2) is 24.3 Å². The minimum Gasteiger partial charge on any atom is -0.482 e. The maximum atomic E-state index is 10.4. The minimum absolute atomic E-state index is 0.280. The molecule has 1 rings (SSSR count). The van der Waals surface area contributed by atoms with Crippen molar-refractivity contribution in [3.63, 3.8) is 0 Å². The van der Waals surface area contributed by atoms with Crippen molar-refractivity contribution < 1.29 is 14.6 Å². The summed E-state index contributed by atoms with van der Waals surface area (Å²) in [5, 5.41) is 8.54. The van der Waals surface area contributed by atoms with Crippen molar-refractivity contribution >= 4 is 5.97 Å². The van der Waals surface area contributed by atoms with Gasteiger partial charge in [0.1, 0.15) is 5.75 Å². The number of carbonyl (C=O) groups is 1. The van der Waals surface area contributed by atoms with Crippen LogP contribution in [0.3, 0.4) is 0 Å². The lowest BCUT2D eigenvalue weighted by molar-refractivity contribution is -0.139. The Morgan fingerprint density at radius 1 is 0.952 bits per heavy atom. The Balaban J connectivity index is 2.08. The lowest BCUT2D eigenvalue weighted by Crippen LogP contribution is -2.09. The highest BCUT2D eigenvalue weighted by Gasteiger charge is 2.00. The molecule has 0 saturated heterocycles. The number of aliphatic carboxylic acids is 1. The summed E-state index contributed by atoms with van der Waals surface area (Å²) in [4.78, 5) is 10.4.